The number of fused-ring (bicyclic) bond motifs is 7. The number of hydrogen-bond acceptors (Lipinski definition) is 9. The second-order valence-electron chi connectivity index (χ2n) is 17.3. The summed E-state index contributed by atoms with van der Waals surface area (Å²) in [6, 6.07) is 7.50. The zero-order chi connectivity index (χ0) is 39.8. The third-order valence-corrected chi connectivity index (χ3v) is 19.9. The van der Waals surface area contributed by atoms with E-state index < -0.39 is 13.7 Å². The van der Waals surface area contributed by atoms with Crippen molar-refractivity contribution >= 4 is 85.1 Å². The van der Waals surface area contributed by atoms with Crippen molar-refractivity contribution in [2.45, 2.75) is 115 Å². The molecule has 2 aliphatic rings. The van der Waals surface area contributed by atoms with Gasteiger partial charge < -0.3 is 9.64 Å². The van der Waals surface area contributed by atoms with Crippen LogP contribution in [-0.4, -0.2) is 81.2 Å². The molecule has 9 nitrogen and oxygen atoms in total. The molecule has 2 aliphatic heterocycles. The lowest BCUT2D eigenvalue weighted by Crippen LogP contribution is -2.57. The molecule has 4 aromatic heterocycles. The second kappa shape index (κ2) is 14.3. The van der Waals surface area contributed by atoms with Gasteiger partial charge in [-0.25, -0.2) is 19.2 Å². The summed E-state index contributed by atoms with van der Waals surface area (Å²) in [6.07, 6.45) is 7.23. The van der Waals surface area contributed by atoms with E-state index in [-0.39, 0.29) is 24.0 Å². The number of H-pyrrole nitrogens is 1. The molecule has 2 aromatic carbocycles. The minimum Gasteiger partial charge on any atom is -0.444 e. The highest BCUT2D eigenvalue weighted by molar-refractivity contribution is 7.98. The molecule has 1 N–H and O–H groups in total. The number of rotatable bonds is 6. The van der Waals surface area contributed by atoms with E-state index in [9.17, 15) is 4.79 Å². The van der Waals surface area contributed by atoms with Crippen LogP contribution in [0.4, 0.5) is 15.0 Å². The van der Waals surface area contributed by atoms with Crippen LogP contribution in [0.25, 0.3) is 53.2 Å². The highest BCUT2D eigenvalue weighted by Gasteiger charge is 2.45. The summed E-state index contributed by atoms with van der Waals surface area (Å²) in [5.41, 5.74) is 7.24. The van der Waals surface area contributed by atoms with Gasteiger partial charge in [0.2, 0.25) is 0 Å². The number of thiophene rings is 1. The lowest BCUT2D eigenvalue weighted by Gasteiger charge is -2.42. The van der Waals surface area contributed by atoms with Crippen molar-refractivity contribution in [3.63, 3.8) is 0 Å². The lowest BCUT2D eigenvalue weighted by atomic mass is 9.93. The van der Waals surface area contributed by atoms with Gasteiger partial charge in [-0.05, 0) is 80.1 Å². The lowest BCUT2D eigenvalue weighted by molar-refractivity contribution is 0.0123. The van der Waals surface area contributed by atoms with Crippen LogP contribution >= 0.6 is 23.1 Å². The molecule has 0 saturated carbocycles. The average molecular weight is 808 g/mol. The van der Waals surface area contributed by atoms with E-state index in [2.05, 4.69) is 68.1 Å². The SMILES string of the molecule is CSc1nc(N2C[C@H]3CC[C@@H](C2)N3C(=O)OC(C)(C)C)c2c(n1)sc1c(-c3c4cn[nH]c4cc4ccc(F)c(C#C[Si](C(C)C)(C(C)C)C(C)C)c34)nccc12. The predicted octanol–water partition coefficient (Wildman–Crippen LogP) is 11.0. The number of aromatic amines is 1. The van der Waals surface area contributed by atoms with E-state index in [1.165, 1.54) is 17.8 Å². The van der Waals surface area contributed by atoms with Crippen molar-refractivity contribution in [2.75, 3.05) is 24.2 Å². The summed E-state index contributed by atoms with van der Waals surface area (Å²) in [7, 11) is -2.19. The average Bonchev–Trinajstić information content (AvgIpc) is 3.83. The Bertz CT molecular complexity index is 2550. The van der Waals surface area contributed by atoms with Crippen LogP contribution in [0.3, 0.4) is 0 Å². The molecule has 292 valence electrons. The zero-order valence-corrected chi connectivity index (χ0v) is 36.5. The number of carbonyl (C=O) groups is 1. The number of anilines is 1. The van der Waals surface area contributed by atoms with Crippen molar-refractivity contribution < 1.29 is 13.9 Å². The molecule has 1 amide bonds. The fourth-order valence-corrected chi connectivity index (χ4v) is 16.4. The van der Waals surface area contributed by atoms with Crippen LogP contribution in [0.15, 0.2) is 41.8 Å². The quantitative estimate of drug-likeness (QED) is 0.0769. The molecule has 2 bridgehead atoms. The number of thioether (sulfide) groups is 1. The minimum atomic E-state index is -2.19. The first-order chi connectivity index (χ1) is 26.6. The summed E-state index contributed by atoms with van der Waals surface area (Å²) >= 11 is 3.10. The van der Waals surface area contributed by atoms with Crippen LogP contribution < -0.4 is 4.90 Å². The van der Waals surface area contributed by atoms with Crippen molar-refractivity contribution in [1.82, 2.24) is 30.0 Å². The van der Waals surface area contributed by atoms with Gasteiger partial charge in [0.25, 0.3) is 0 Å². The molecule has 2 fully saturated rings. The van der Waals surface area contributed by atoms with Crippen LogP contribution in [-0.2, 0) is 4.74 Å². The Labute approximate surface area is 337 Å². The van der Waals surface area contributed by atoms with E-state index in [0.29, 0.717) is 40.4 Å². The first kappa shape index (κ1) is 38.6. The fraction of sp³-hybridized carbons (Fsp3) is 0.465. The number of nitrogens with zero attached hydrogens (tertiary/aromatic N) is 6. The summed E-state index contributed by atoms with van der Waals surface area (Å²) in [5, 5.41) is 12.7. The number of pyridine rings is 1. The molecule has 2 saturated heterocycles. The summed E-state index contributed by atoms with van der Waals surface area (Å²) in [5.74, 6) is 4.03. The van der Waals surface area contributed by atoms with Gasteiger partial charge in [0.1, 0.15) is 30.1 Å². The first-order valence-corrected chi connectivity index (χ1v) is 23.9. The minimum absolute atomic E-state index is 0.0249. The largest absolute Gasteiger partial charge is 0.444 e. The van der Waals surface area contributed by atoms with Crippen molar-refractivity contribution in [1.29, 1.82) is 0 Å². The van der Waals surface area contributed by atoms with Crippen molar-refractivity contribution in [3.8, 4) is 22.7 Å². The van der Waals surface area contributed by atoms with Gasteiger partial charge in [0.15, 0.2) is 5.16 Å². The maximum atomic E-state index is 16.4. The van der Waals surface area contributed by atoms with Crippen LogP contribution in [0, 0.1) is 17.3 Å². The number of benzene rings is 2. The molecular weight excluding hydrogens is 758 g/mol. The van der Waals surface area contributed by atoms with Crippen LogP contribution in [0.2, 0.25) is 16.6 Å². The summed E-state index contributed by atoms with van der Waals surface area (Å²) < 4.78 is 23.2. The zero-order valence-electron chi connectivity index (χ0n) is 33.9. The molecule has 6 aromatic rings. The smallest absolute Gasteiger partial charge is 0.410 e. The number of halogens is 1. The van der Waals surface area contributed by atoms with Gasteiger partial charge in [0, 0.05) is 41.0 Å². The van der Waals surface area contributed by atoms with Gasteiger partial charge in [-0.15, -0.1) is 16.9 Å². The molecule has 6 heterocycles. The topological polar surface area (TPSA) is 100 Å². The van der Waals surface area contributed by atoms with Gasteiger partial charge in [-0.1, -0.05) is 65.3 Å². The molecule has 0 radical (unpaired) electrons. The van der Waals surface area contributed by atoms with Crippen molar-refractivity contribution in [2.24, 2.45) is 0 Å². The van der Waals surface area contributed by atoms with Crippen LogP contribution in [0.1, 0.15) is 80.7 Å². The Balaban J connectivity index is 1.34. The van der Waals surface area contributed by atoms with E-state index >= 15 is 4.39 Å². The van der Waals surface area contributed by atoms with E-state index in [0.717, 1.165) is 71.9 Å². The first-order valence-electron chi connectivity index (χ1n) is 19.6. The Morgan fingerprint density at radius 1 is 1.02 bits per heavy atom. The normalized spacial score (nSPS) is 17.7. The standard InChI is InChI=1S/C43H50FN7O2S2Si/c1-23(2)56(24(3)4,25(5)6)18-16-29-32(44)14-11-26-19-33-31(20-46-49-33)35(34(26)29)37-38-30(15-17-45-37)36-39(47-41(54-10)48-40(36)55-38)50-21-27-12-13-28(22-50)51(27)42(52)53-43(7,8)9/h11,14-15,17,19-20,23-25,27-28H,12-13,21-22H2,1-10H3,(H,46,49)/t27-,28+. The molecule has 0 spiro atoms. The Kier molecular flexibility index (Phi) is 9.85. The number of hydrogen-bond donors (Lipinski definition) is 1. The monoisotopic (exact) mass is 807 g/mol. The molecule has 0 unspecified atom stereocenters. The molecule has 2 atom stereocenters. The maximum absolute atomic E-state index is 16.4. The number of nitrogens with one attached hydrogen (secondary N) is 1. The number of carbonyl (C=O) groups excluding carboxylic acids is 1. The Morgan fingerprint density at radius 2 is 1.71 bits per heavy atom. The molecule has 0 aliphatic carbocycles. The summed E-state index contributed by atoms with van der Waals surface area (Å²) in [6.45, 7) is 20.7. The van der Waals surface area contributed by atoms with Gasteiger partial charge in [-0.2, -0.15) is 5.10 Å². The highest BCUT2D eigenvalue weighted by Crippen LogP contribution is 2.47. The summed E-state index contributed by atoms with van der Waals surface area (Å²) in [4.78, 5) is 33.8. The molecule has 56 heavy (non-hydrogen) atoms. The van der Waals surface area contributed by atoms with Gasteiger partial charge in [0.05, 0.1) is 45.1 Å². The number of piperazine rings is 1. The third kappa shape index (κ3) is 6.32. The number of ether oxygens (including phenoxy) is 1. The van der Waals surface area contributed by atoms with Crippen molar-refractivity contribution in [3.05, 3.63) is 48.0 Å². The maximum Gasteiger partial charge on any atom is 0.410 e. The predicted molar refractivity (Wildman–Crippen MR) is 232 cm³/mol. The number of aromatic nitrogens is 5. The van der Waals surface area contributed by atoms with Crippen LogP contribution in [0.5, 0.6) is 0 Å². The molecule has 13 heteroatoms. The van der Waals surface area contributed by atoms with E-state index in [1.54, 1.807) is 11.3 Å². The van der Waals surface area contributed by atoms with Gasteiger partial charge in [-0.3, -0.25) is 15.0 Å². The van der Waals surface area contributed by atoms with Gasteiger partial charge >= 0.3 is 6.09 Å². The Morgan fingerprint density at radius 3 is 2.36 bits per heavy atom. The van der Waals surface area contributed by atoms with E-state index in [4.69, 9.17) is 19.7 Å². The number of amides is 1. The Hall–Kier alpha value is -4.25. The molecule has 8 rings (SSSR count). The van der Waals surface area contributed by atoms with E-state index in [1.807, 2.05) is 62.5 Å². The third-order valence-electron chi connectivity index (χ3n) is 12.0. The fourth-order valence-electron chi connectivity index (χ4n) is 9.60. The molecular formula is C43H50FN7O2S2Si. The highest BCUT2D eigenvalue weighted by atomic mass is 32.2. The second-order valence-corrected chi connectivity index (χ2v) is 24.6.